The van der Waals surface area contributed by atoms with E-state index < -0.39 is 27.0 Å². The molecule has 11 heteroatoms. The second kappa shape index (κ2) is 6.99. The fourth-order valence-corrected chi connectivity index (χ4v) is 3.98. The smallest absolute Gasteiger partial charge is 0.314 e. The molecular formula is C16H12Cl2FN3O4S. The summed E-state index contributed by atoms with van der Waals surface area (Å²) in [5, 5.41) is -0.177. The molecule has 1 aromatic heterocycles. The van der Waals surface area contributed by atoms with E-state index >= 15 is 0 Å². The number of H-pyrrole nitrogens is 2. The van der Waals surface area contributed by atoms with Gasteiger partial charge in [0, 0.05) is 0 Å². The fraction of sp³-hybridized carbons (Fsp3) is 0.125. The van der Waals surface area contributed by atoms with Crippen LogP contribution in [0, 0.1) is 5.82 Å². The number of aromatic nitrogens is 2. The summed E-state index contributed by atoms with van der Waals surface area (Å²) in [5.41, 5.74) is -1.62. The van der Waals surface area contributed by atoms with Crippen molar-refractivity contribution in [2.45, 2.75) is 6.54 Å². The second-order valence-electron chi connectivity index (χ2n) is 5.75. The van der Waals surface area contributed by atoms with Crippen molar-refractivity contribution in [3.63, 3.8) is 0 Å². The lowest BCUT2D eigenvalue weighted by Gasteiger charge is -2.25. The Labute approximate surface area is 162 Å². The van der Waals surface area contributed by atoms with Crippen LogP contribution in [-0.4, -0.2) is 24.6 Å². The van der Waals surface area contributed by atoms with E-state index in [9.17, 15) is 22.4 Å². The maximum absolute atomic E-state index is 13.5. The number of sulfonamides is 1. The van der Waals surface area contributed by atoms with Gasteiger partial charge in [0.2, 0.25) is 10.0 Å². The van der Waals surface area contributed by atoms with Crippen LogP contribution in [0.5, 0.6) is 0 Å². The van der Waals surface area contributed by atoms with Gasteiger partial charge in [-0.05, 0) is 23.8 Å². The largest absolute Gasteiger partial charge is 0.316 e. The van der Waals surface area contributed by atoms with Gasteiger partial charge in [-0.2, -0.15) is 0 Å². The Kier molecular flexibility index (Phi) is 5.02. The van der Waals surface area contributed by atoms with Gasteiger partial charge < -0.3 is 9.97 Å². The van der Waals surface area contributed by atoms with E-state index in [0.29, 0.717) is 5.56 Å². The zero-order valence-corrected chi connectivity index (χ0v) is 16.0. The monoisotopic (exact) mass is 431 g/mol. The van der Waals surface area contributed by atoms with Crippen LogP contribution in [0.3, 0.4) is 0 Å². The Hall–Kier alpha value is -2.36. The molecule has 1 heterocycles. The van der Waals surface area contributed by atoms with Crippen LogP contribution >= 0.6 is 23.2 Å². The number of nitrogens with one attached hydrogen (secondary N) is 2. The summed E-state index contributed by atoms with van der Waals surface area (Å²) >= 11 is 12.3. The third kappa shape index (κ3) is 3.85. The van der Waals surface area contributed by atoms with Crippen molar-refractivity contribution in [3.8, 4) is 0 Å². The summed E-state index contributed by atoms with van der Waals surface area (Å²) in [4.78, 5) is 28.0. The molecule has 3 aromatic rings. The van der Waals surface area contributed by atoms with Crippen LogP contribution in [0.2, 0.25) is 10.0 Å². The standard InChI is InChI=1S/C16H12Cl2FN3O4S/c1-27(25,26)22(7-8-3-2-4-9(19)5-8)14-12(18)10(17)6-11-13(14)21-16(24)15(23)20-11/h2-6H,7H2,1H3,(H,20,23)(H,21,24). The van der Waals surface area contributed by atoms with E-state index in [1.807, 2.05) is 0 Å². The van der Waals surface area contributed by atoms with Gasteiger partial charge >= 0.3 is 11.1 Å². The summed E-state index contributed by atoms with van der Waals surface area (Å²) in [6.45, 7) is -0.271. The van der Waals surface area contributed by atoms with Crippen molar-refractivity contribution in [1.29, 1.82) is 0 Å². The number of aromatic amines is 2. The van der Waals surface area contributed by atoms with E-state index in [2.05, 4.69) is 9.97 Å². The molecule has 0 aliphatic rings. The highest BCUT2D eigenvalue weighted by Crippen LogP contribution is 2.39. The van der Waals surface area contributed by atoms with Crippen LogP contribution in [0.15, 0.2) is 39.9 Å². The molecule has 3 rings (SSSR count). The second-order valence-corrected chi connectivity index (χ2v) is 8.44. The van der Waals surface area contributed by atoms with Crippen LogP contribution in [0.4, 0.5) is 10.1 Å². The highest BCUT2D eigenvalue weighted by Gasteiger charge is 2.26. The first kappa shape index (κ1) is 19.4. The lowest BCUT2D eigenvalue weighted by molar-refractivity contribution is 0.595. The number of fused-ring (bicyclic) bond motifs is 1. The number of hydrogen-bond donors (Lipinski definition) is 2. The molecule has 0 amide bonds. The molecule has 2 aromatic carbocycles. The molecule has 0 aliphatic heterocycles. The minimum atomic E-state index is -3.93. The minimum Gasteiger partial charge on any atom is -0.316 e. The van der Waals surface area contributed by atoms with Gasteiger partial charge in [-0.1, -0.05) is 35.3 Å². The summed E-state index contributed by atoms with van der Waals surface area (Å²) in [6.07, 6.45) is 0.930. The van der Waals surface area contributed by atoms with Crippen molar-refractivity contribution in [2.24, 2.45) is 0 Å². The molecule has 27 heavy (non-hydrogen) atoms. The molecule has 2 N–H and O–H groups in total. The Morgan fingerprint density at radius 3 is 2.41 bits per heavy atom. The lowest BCUT2D eigenvalue weighted by atomic mass is 10.2. The number of rotatable bonds is 4. The topological polar surface area (TPSA) is 103 Å². The zero-order chi connectivity index (χ0) is 19.9. The van der Waals surface area contributed by atoms with Crippen LogP contribution in [-0.2, 0) is 16.6 Å². The highest BCUT2D eigenvalue weighted by atomic mass is 35.5. The molecule has 0 fully saturated rings. The van der Waals surface area contributed by atoms with Gasteiger partial charge in [0.1, 0.15) is 5.82 Å². The van der Waals surface area contributed by atoms with E-state index in [-0.39, 0.29) is 33.3 Å². The van der Waals surface area contributed by atoms with Gasteiger partial charge in [-0.15, -0.1) is 0 Å². The Morgan fingerprint density at radius 1 is 1.11 bits per heavy atom. The summed E-state index contributed by atoms with van der Waals surface area (Å²) in [5.74, 6) is -0.541. The summed E-state index contributed by atoms with van der Waals surface area (Å²) in [6, 6.07) is 6.65. The Balaban J connectivity index is 2.33. The van der Waals surface area contributed by atoms with Crippen LogP contribution < -0.4 is 15.4 Å². The predicted molar refractivity (Wildman–Crippen MR) is 103 cm³/mol. The van der Waals surface area contributed by atoms with Crippen LogP contribution in [0.1, 0.15) is 5.56 Å². The molecule has 142 valence electrons. The maximum Gasteiger partial charge on any atom is 0.314 e. The van der Waals surface area contributed by atoms with Gasteiger partial charge in [0.15, 0.2) is 0 Å². The molecule has 0 bridgehead atoms. The van der Waals surface area contributed by atoms with E-state index in [1.165, 1.54) is 30.3 Å². The Morgan fingerprint density at radius 2 is 1.78 bits per heavy atom. The fourth-order valence-electron chi connectivity index (χ4n) is 2.58. The molecule has 0 saturated heterocycles. The van der Waals surface area contributed by atoms with E-state index in [1.54, 1.807) is 0 Å². The number of benzene rings is 2. The van der Waals surface area contributed by atoms with E-state index in [4.69, 9.17) is 23.2 Å². The first-order valence-electron chi connectivity index (χ1n) is 7.44. The van der Waals surface area contributed by atoms with Crippen molar-refractivity contribution in [3.05, 3.63) is 72.5 Å². The zero-order valence-electron chi connectivity index (χ0n) is 13.7. The van der Waals surface area contributed by atoms with Crippen molar-refractivity contribution >= 4 is 49.9 Å². The molecular weight excluding hydrogens is 420 g/mol. The van der Waals surface area contributed by atoms with Gasteiger partial charge in [0.05, 0.1) is 39.6 Å². The van der Waals surface area contributed by atoms with Gasteiger partial charge in [-0.25, -0.2) is 12.8 Å². The van der Waals surface area contributed by atoms with Crippen molar-refractivity contribution in [1.82, 2.24) is 9.97 Å². The quantitative estimate of drug-likeness (QED) is 0.619. The van der Waals surface area contributed by atoms with Crippen molar-refractivity contribution < 1.29 is 12.8 Å². The predicted octanol–water partition coefficient (Wildman–Crippen LogP) is 2.63. The van der Waals surface area contributed by atoms with Gasteiger partial charge in [-0.3, -0.25) is 13.9 Å². The normalized spacial score (nSPS) is 11.7. The number of halogens is 3. The average molecular weight is 432 g/mol. The first-order valence-corrected chi connectivity index (χ1v) is 10.0. The molecule has 0 saturated carbocycles. The highest BCUT2D eigenvalue weighted by molar-refractivity contribution is 7.92. The molecule has 7 nitrogen and oxygen atoms in total. The van der Waals surface area contributed by atoms with Crippen LogP contribution in [0.25, 0.3) is 11.0 Å². The SMILES string of the molecule is CS(=O)(=O)N(Cc1cccc(F)c1)c1c(Cl)c(Cl)cc2[nH]c(=O)c(=O)[nH]c12. The number of anilines is 1. The third-order valence-corrected chi connectivity index (χ3v) is 5.64. The molecule has 0 unspecified atom stereocenters. The minimum absolute atomic E-state index is 0.0178. The molecule has 0 atom stereocenters. The third-order valence-electron chi connectivity index (χ3n) is 3.75. The molecule has 0 aliphatic carbocycles. The molecule has 0 radical (unpaired) electrons. The van der Waals surface area contributed by atoms with Crippen molar-refractivity contribution in [2.75, 3.05) is 10.6 Å². The van der Waals surface area contributed by atoms with E-state index in [0.717, 1.165) is 10.6 Å². The summed E-state index contributed by atoms with van der Waals surface area (Å²) in [7, 11) is -3.93. The molecule has 0 spiro atoms. The lowest BCUT2D eigenvalue weighted by Crippen LogP contribution is -2.33. The number of nitrogens with zero attached hydrogens (tertiary/aromatic N) is 1. The first-order chi connectivity index (χ1) is 12.6. The average Bonchev–Trinajstić information content (AvgIpc) is 2.56. The maximum atomic E-state index is 13.5. The number of hydrogen-bond acceptors (Lipinski definition) is 4. The van der Waals surface area contributed by atoms with Gasteiger partial charge in [0.25, 0.3) is 0 Å². The summed E-state index contributed by atoms with van der Waals surface area (Å²) < 4.78 is 39.3. The Bertz CT molecular complexity index is 1270.